The van der Waals surface area contributed by atoms with Gasteiger partial charge in [0.05, 0.1) is 18.1 Å². The Hall–Kier alpha value is -1.40. The molecule has 0 atom stereocenters. The van der Waals surface area contributed by atoms with Crippen LogP contribution in [0.25, 0.3) is 0 Å². The summed E-state index contributed by atoms with van der Waals surface area (Å²) in [4.78, 5) is 11.4. The smallest absolute Gasteiger partial charge is 0.225 e. The van der Waals surface area contributed by atoms with Crippen molar-refractivity contribution in [1.29, 1.82) is 0 Å². The van der Waals surface area contributed by atoms with E-state index >= 15 is 0 Å². The first-order chi connectivity index (χ1) is 8.03. The van der Waals surface area contributed by atoms with Crippen molar-refractivity contribution in [2.24, 2.45) is 0 Å². The van der Waals surface area contributed by atoms with Crippen LogP contribution in [0.3, 0.4) is 0 Å². The van der Waals surface area contributed by atoms with E-state index in [0.717, 1.165) is 0 Å². The Morgan fingerprint density at radius 1 is 1.18 bits per heavy atom. The highest BCUT2D eigenvalue weighted by Gasteiger charge is 2.12. The van der Waals surface area contributed by atoms with Crippen molar-refractivity contribution in [2.75, 3.05) is 23.4 Å². The van der Waals surface area contributed by atoms with E-state index in [-0.39, 0.29) is 23.8 Å². The Labute approximate surface area is 100 Å². The van der Waals surface area contributed by atoms with Crippen LogP contribution in [0, 0.1) is 0 Å². The molecule has 5 nitrogen and oxygen atoms in total. The van der Waals surface area contributed by atoms with Crippen molar-refractivity contribution in [3.05, 3.63) is 30.3 Å². The van der Waals surface area contributed by atoms with Crippen molar-refractivity contribution in [3.8, 4) is 0 Å². The summed E-state index contributed by atoms with van der Waals surface area (Å²) in [5, 5.41) is 11.1. The summed E-state index contributed by atoms with van der Waals surface area (Å²) in [6.45, 7) is -0.414. The first-order valence-electron chi connectivity index (χ1n) is 5.20. The number of anilines is 1. The summed E-state index contributed by atoms with van der Waals surface area (Å²) >= 11 is 0. The molecule has 2 N–H and O–H groups in total. The molecule has 0 aliphatic heterocycles. The molecule has 0 aromatic heterocycles. The average Bonchev–Trinajstić information content (AvgIpc) is 2.28. The van der Waals surface area contributed by atoms with E-state index in [9.17, 15) is 13.2 Å². The second kappa shape index (κ2) is 6.36. The highest BCUT2D eigenvalue weighted by Crippen LogP contribution is 2.05. The molecular weight excluding hydrogens is 242 g/mol. The number of aliphatic hydroxyl groups excluding tert-OH is 1. The van der Waals surface area contributed by atoms with Gasteiger partial charge in [0, 0.05) is 12.1 Å². The van der Waals surface area contributed by atoms with Gasteiger partial charge in [0.1, 0.15) is 0 Å². The van der Waals surface area contributed by atoms with Crippen LogP contribution < -0.4 is 5.32 Å². The maximum Gasteiger partial charge on any atom is 0.225 e. The highest BCUT2D eigenvalue weighted by molar-refractivity contribution is 7.91. The summed E-state index contributed by atoms with van der Waals surface area (Å²) in [6, 6.07) is 8.82. The van der Waals surface area contributed by atoms with Gasteiger partial charge in [-0.15, -0.1) is 0 Å². The van der Waals surface area contributed by atoms with Gasteiger partial charge in [-0.3, -0.25) is 4.79 Å². The fourth-order valence-corrected chi connectivity index (χ4v) is 2.21. The van der Waals surface area contributed by atoms with Crippen LogP contribution in [0.2, 0.25) is 0 Å². The summed E-state index contributed by atoms with van der Waals surface area (Å²) < 4.78 is 22.5. The molecule has 0 bridgehead atoms. The van der Waals surface area contributed by atoms with Gasteiger partial charge in [0.25, 0.3) is 0 Å². The number of benzene rings is 1. The topological polar surface area (TPSA) is 83.5 Å². The van der Waals surface area contributed by atoms with Crippen molar-refractivity contribution in [3.63, 3.8) is 0 Å². The molecule has 0 spiro atoms. The molecule has 1 amide bonds. The third kappa shape index (κ3) is 5.46. The van der Waals surface area contributed by atoms with Crippen molar-refractivity contribution >= 4 is 21.4 Å². The van der Waals surface area contributed by atoms with Gasteiger partial charge < -0.3 is 10.4 Å². The summed E-state index contributed by atoms with van der Waals surface area (Å²) in [7, 11) is -3.33. The van der Waals surface area contributed by atoms with Crippen molar-refractivity contribution in [1.82, 2.24) is 0 Å². The molecule has 1 aromatic carbocycles. The van der Waals surface area contributed by atoms with Gasteiger partial charge in [0.2, 0.25) is 5.91 Å². The molecule has 0 aliphatic carbocycles. The van der Waals surface area contributed by atoms with E-state index < -0.39 is 16.4 Å². The van der Waals surface area contributed by atoms with E-state index in [2.05, 4.69) is 5.32 Å². The number of nitrogens with one attached hydrogen (secondary N) is 1. The number of para-hydroxylation sites is 1. The average molecular weight is 257 g/mol. The molecule has 1 aromatic rings. The lowest BCUT2D eigenvalue weighted by Crippen LogP contribution is -2.20. The van der Waals surface area contributed by atoms with Gasteiger partial charge in [-0.1, -0.05) is 18.2 Å². The number of sulfone groups is 1. The number of carbonyl (C=O) groups is 1. The molecule has 0 saturated heterocycles. The zero-order chi connectivity index (χ0) is 12.7. The number of aliphatic hydroxyl groups is 1. The van der Waals surface area contributed by atoms with E-state index in [1.807, 2.05) is 6.07 Å². The molecule has 0 heterocycles. The van der Waals surface area contributed by atoms with Crippen LogP contribution >= 0.6 is 0 Å². The van der Waals surface area contributed by atoms with E-state index in [1.54, 1.807) is 24.3 Å². The Balaban J connectivity index is 2.41. The predicted octanol–water partition coefficient (Wildman–Crippen LogP) is 0.422. The SMILES string of the molecule is O=C(CCS(=O)(=O)CCO)Nc1ccccc1. The largest absolute Gasteiger partial charge is 0.395 e. The minimum absolute atomic E-state index is 0.1000. The maximum atomic E-state index is 11.4. The van der Waals surface area contributed by atoms with Crippen molar-refractivity contribution < 1.29 is 18.3 Å². The molecule has 0 radical (unpaired) electrons. The number of hydrogen-bond acceptors (Lipinski definition) is 4. The lowest BCUT2D eigenvalue weighted by molar-refractivity contribution is -0.115. The van der Waals surface area contributed by atoms with E-state index in [1.165, 1.54) is 0 Å². The zero-order valence-corrected chi connectivity index (χ0v) is 10.1. The molecule has 94 valence electrons. The Bertz CT molecular complexity index is 456. The number of hydrogen-bond donors (Lipinski definition) is 2. The third-order valence-electron chi connectivity index (χ3n) is 2.10. The third-order valence-corrected chi connectivity index (χ3v) is 3.73. The Morgan fingerprint density at radius 3 is 2.41 bits per heavy atom. The molecule has 0 unspecified atom stereocenters. The van der Waals surface area contributed by atoms with Crippen LogP contribution in [-0.4, -0.2) is 37.5 Å². The highest BCUT2D eigenvalue weighted by atomic mass is 32.2. The predicted molar refractivity (Wildman–Crippen MR) is 65.4 cm³/mol. The second-order valence-corrected chi connectivity index (χ2v) is 5.84. The van der Waals surface area contributed by atoms with Crippen LogP contribution in [0.15, 0.2) is 30.3 Å². The molecule has 1 rings (SSSR count). The standard InChI is InChI=1S/C11H15NO4S/c13-7-9-17(15,16)8-6-11(14)12-10-4-2-1-3-5-10/h1-5,13H,6-9H2,(H,12,14). The molecule has 0 saturated carbocycles. The first-order valence-corrected chi connectivity index (χ1v) is 7.02. The molecule has 0 fully saturated rings. The fourth-order valence-electron chi connectivity index (χ4n) is 1.23. The number of amides is 1. The van der Waals surface area contributed by atoms with Gasteiger partial charge in [-0.05, 0) is 12.1 Å². The number of rotatable bonds is 6. The number of carbonyl (C=O) groups excluding carboxylic acids is 1. The Morgan fingerprint density at radius 2 is 1.82 bits per heavy atom. The molecule has 0 aliphatic rings. The quantitative estimate of drug-likeness (QED) is 0.773. The lowest BCUT2D eigenvalue weighted by Gasteiger charge is -2.05. The van der Waals surface area contributed by atoms with Crippen LogP contribution in [0.1, 0.15) is 6.42 Å². The second-order valence-electron chi connectivity index (χ2n) is 3.54. The van der Waals surface area contributed by atoms with Crippen LogP contribution in [0.4, 0.5) is 5.69 Å². The minimum Gasteiger partial charge on any atom is -0.395 e. The lowest BCUT2D eigenvalue weighted by atomic mass is 10.3. The van der Waals surface area contributed by atoms with Crippen molar-refractivity contribution in [2.45, 2.75) is 6.42 Å². The maximum absolute atomic E-state index is 11.4. The molecule has 17 heavy (non-hydrogen) atoms. The zero-order valence-electron chi connectivity index (χ0n) is 9.30. The molecule has 6 heteroatoms. The van der Waals surface area contributed by atoms with E-state index in [4.69, 9.17) is 5.11 Å². The van der Waals surface area contributed by atoms with Crippen LogP contribution in [0.5, 0.6) is 0 Å². The van der Waals surface area contributed by atoms with Gasteiger partial charge in [-0.25, -0.2) is 8.42 Å². The summed E-state index contributed by atoms with van der Waals surface area (Å²) in [6.07, 6.45) is -0.1000. The van der Waals surface area contributed by atoms with Gasteiger partial charge >= 0.3 is 0 Å². The van der Waals surface area contributed by atoms with Gasteiger partial charge in [-0.2, -0.15) is 0 Å². The van der Waals surface area contributed by atoms with Crippen LogP contribution in [-0.2, 0) is 14.6 Å². The minimum atomic E-state index is -3.33. The first kappa shape index (κ1) is 13.7. The fraction of sp³-hybridized carbons (Fsp3) is 0.364. The normalized spacial score (nSPS) is 11.1. The van der Waals surface area contributed by atoms with E-state index in [0.29, 0.717) is 5.69 Å². The summed E-state index contributed by atoms with van der Waals surface area (Å²) in [5.41, 5.74) is 0.636. The molecular formula is C11H15NO4S. The Kier molecular flexibility index (Phi) is 5.11. The monoisotopic (exact) mass is 257 g/mol. The van der Waals surface area contributed by atoms with Gasteiger partial charge in [0.15, 0.2) is 9.84 Å². The summed E-state index contributed by atoms with van der Waals surface area (Å²) in [5.74, 6) is -0.893.